The number of hydrogen-bond donors (Lipinski definition) is 0. The van der Waals surface area contributed by atoms with E-state index in [4.69, 9.17) is 10.00 Å². The van der Waals surface area contributed by atoms with Gasteiger partial charge in [-0.25, -0.2) is 13.8 Å². The van der Waals surface area contributed by atoms with Gasteiger partial charge in [-0.05, 0) is 18.9 Å². The van der Waals surface area contributed by atoms with Crippen molar-refractivity contribution in [2.24, 2.45) is 0 Å². The van der Waals surface area contributed by atoms with Crippen molar-refractivity contribution >= 4 is 0 Å². The van der Waals surface area contributed by atoms with Crippen LogP contribution in [0.3, 0.4) is 0 Å². The van der Waals surface area contributed by atoms with Gasteiger partial charge in [0.1, 0.15) is 6.10 Å². The number of nitriles is 1. The second kappa shape index (κ2) is 4.66. The third-order valence-corrected chi connectivity index (χ3v) is 2.82. The summed E-state index contributed by atoms with van der Waals surface area (Å²) < 4.78 is 31.3. The van der Waals surface area contributed by atoms with E-state index < -0.39 is 5.92 Å². The standard InChI is InChI=1S/C12H12F2N2O/c13-12(14)4-1-10(2-5-12)17-11-7-9(8-15)3-6-16-11/h3,6-7,10H,1-2,4-5H2. The number of nitrogens with zero attached hydrogens (tertiary/aromatic N) is 2. The molecule has 0 radical (unpaired) electrons. The molecule has 1 aromatic heterocycles. The highest BCUT2D eigenvalue weighted by Crippen LogP contribution is 2.34. The van der Waals surface area contributed by atoms with Crippen LogP contribution in [-0.2, 0) is 0 Å². The second-order valence-electron chi connectivity index (χ2n) is 4.17. The van der Waals surface area contributed by atoms with Crippen LogP contribution in [0.25, 0.3) is 0 Å². The molecule has 0 saturated heterocycles. The maximum Gasteiger partial charge on any atom is 0.248 e. The van der Waals surface area contributed by atoms with Gasteiger partial charge in [0.15, 0.2) is 0 Å². The molecule has 1 fully saturated rings. The predicted molar refractivity (Wildman–Crippen MR) is 56.8 cm³/mol. The summed E-state index contributed by atoms with van der Waals surface area (Å²) in [5.74, 6) is -2.22. The van der Waals surface area contributed by atoms with Crippen LogP contribution in [0.1, 0.15) is 31.2 Å². The summed E-state index contributed by atoms with van der Waals surface area (Å²) in [6.07, 6.45) is 1.61. The van der Waals surface area contributed by atoms with Crippen molar-refractivity contribution in [3.63, 3.8) is 0 Å². The molecule has 17 heavy (non-hydrogen) atoms. The highest BCUT2D eigenvalue weighted by molar-refractivity contribution is 5.31. The first-order valence-electron chi connectivity index (χ1n) is 5.50. The minimum Gasteiger partial charge on any atom is -0.474 e. The topological polar surface area (TPSA) is 45.9 Å². The first-order chi connectivity index (χ1) is 8.09. The Labute approximate surface area is 98.0 Å². The number of ether oxygens (including phenoxy) is 1. The second-order valence-corrected chi connectivity index (χ2v) is 4.17. The number of aromatic nitrogens is 1. The lowest BCUT2D eigenvalue weighted by molar-refractivity contribution is -0.0588. The Morgan fingerprint density at radius 3 is 2.76 bits per heavy atom. The number of pyridine rings is 1. The highest BCUT2D eigenvalue weighted by Gasteiger charge is 2.35. The SMILES string of the molecule is N#Cc1ccnc(OC2CCC(F)(F)CC2)c1. The van der Waals surface area contributed by atoms with Gasteiger partial charge in [-0.1, -0.05) is 0 Å². The predicted octanol–water partition coefficient (Wildman–Crippen LogP) is 2.91. The zero-order valence-electron chi connectivity index (χ0n) is 9.20. The first kappa shape index (κ1) is 11.8. The van der Waals surface area contributed by atoms with Crippen molar-refractivity contribution in [2.45, 2.75) is 37.7 Å². The lowest BCUT2D eigenvalue weighted by atomic mass is 9.94. The average Bonchev–Trinajstić information content (AvgIpc) is 2.32. The largest absolute Gasteiger partial charge is 0.474 e. The van der Waals surface area contributed by atoms with Gasteiger partial charge in [-0.3, -0.25) is 0 Å². The van der Waals surface area contributed by atoms with Gasteiger partial charge >= 0.3 is 0 Å². The smallest absolute Gasteiger partial charge is 0.248 e. The molecule has 0 aromatic carbocycles. The lowest BCUT2D eigenvalue weighted by Gasteiger charge is -2.28. The summed E-state index contributed by atoms with van der Waals surface area (Å²) in [6, 6.07) is 5.07. The van der Waals surface area contributed by atoms with Crippen molar-refractivity contribution in [1.82, 2.24) is 4.98 Å². The molecule has 0 N–H and O–H groups in total. The molecule has 1 aliphatic carbocycles. The van der Waals surface area contributed by atoms with Crippen LogP contribution in [0.2, 0.25) is 0 Å². The van der Waals surface area contributed by atoms with Crippen molar-refractivity contribution in [1.29, 1.82) is 5.26 Å². The van der Waals surface area contributed by atoms with E-state index in [2.05, 4.69) is 4.98 Å². The Morgan fingerprint density at radius 1 is 1.41 bits per heavy atom. The fraction of sp³-hybridized carbons (Fsp3) is 0.500. The van der Waals surface area contributed by atoms with Crippen molar-refractivity contribution in [2.75, 3.05) is 0 Å². The van der Waals surface area contributed by atoms with E-state index >= 15 is 0 Å². The van der Waals surface area contributed by atoms with Gasteiger partial charge in [0.25, 0.3) is 0 Å². The molecule has 2 rings (SSSR count). The molecule has 0 amide bonds. The minimum atomic E-state index is -2.55. The van der Waals surface area contributed by atoms with Crippen LogP contribution in [0.5, 0.6) is 5.88 Å². The third-order valence-electron chi connectivity index (χ3n) is 2.82. The van der Waals surface area contributed by atoms with E-state index in [0.29, 0.717) is 24.3 Å². The molecule has 90 valence electrons. The van der Waals surface area contributed by atoms with Gasteiger partial charge in [0.2, 0.25) is 11.8 Å². The normalized spacial score (nSPS) is 19.6. The fourth-order valence-corrected chi connectivity index (χ4v) is 1.85. The lowest BCUT2D eigenvalue weighted by Crippen LogP contribution is -2.30. The fourth-order valence-electron chi connectivity index (χ4n) is 1.85. The van der Waals surface area contributed by atoms with E-state index in [1.807, 2.05) is 6.07 Å². The molecule has 0 bridgehead atoms. The number of hydrogen-bond acceptors (Lipinski definition) is 3. The molecule has 0 unspecified atom stereocenters. The Bertz CT molecular complexity index is 432. The summed E-state index contributed by atoms with van der Waals surface area (Å²) in [6.45, 7) is 0. The van der Waals surface area contributed by atoms with Crippen LogP contribution in [-0.4, -0.2) is 17.0 Å². The molecule has 1 heterocycles. The molecule has 1 saturated carbocycles. The average molecular weight is 238 g/mol. The van der Waals surface area contributed by atoms with Crippen LogP contribution in [0, 0.1) is 11.3 Å². The van der Waals surface area contributed by atoms with Crippen LogP contribution in [0.15, 0.2) is 18.3 Å². The minimum absolute atomic E-state index is 0.143. The van der Waals surface area contributed by atoms with Crippen molar-refractivity contribution in [3.8, 4) is 11.9 Å². The Hall–Kier alpha value is -1.70. The van der Waals surface area contributed by atoms with Gasteiger partial charge in [-0.2, -0.15) is 5.26 Å². The molecule has 0 aliphatic heterocycles. The van der Waals surface area contributed by atoms with Gasteiger partial charge in [0, 0.05) is 25.1 Å². The van der Waals surface area contributed by atoms with E-state index in [1.54, 1.807) is 6.07 Å². The summed E-state index contributed by atoms with van der Waals surface area (Å²) in [4.78, 5) is 3.96. The zero-order valence-corrected chi connectivity index (χ0v) is 9.20. The summed E-state index contributed by atoms with van der Waals surface area (Å²) in [5.41, 5.74) is 0.455. The molecule has 3 nitrogen and oxygen atoms in total. The first-order valence-corrected chi connectivity index (χ1v) is 5.50. The molecule has 1 aliphatic rings. The van der Waals surface area contributed by atoms with Crippen LogP contribution < -0.4 is 4.74 Å². The van der Waals surface area contributed by atoms with Crippen LogP contribution >= 0.6 is 0 Å². The maximum absolute atomic E-state index is 12.9. The highest BCUT2D eigenvalue weighted by atomic mass is 19.3. The third kappa shape index (κ3) is 3.13. The van der Waals surface area contributed by atoms with E-state index in [0.717, 1.165) is 0 Å². The monoisotopic (exact) mass is 238 g/mol. The molecular weight excluding hydrogens is 226 g/mol. The molecule has 0 atom stereocenters. The van der Waals surface area contributed by atoms with Crippen molar-refractivity contribution in [3.05, 3.63) is 23.9 Å². The Balaban J connectivity index is 1.96. The summed E-state index contributed by atoms with van der Waals surface area (Å²) in [7, 11) is 0. The van der Waals surface area contributed by atoms with Gasteiger partial charge in [0.05, 0.1) is 11.6 Å². The Morgan fingerprint density at radius 2 is 2.12 bits per heavy atom. The molecular formula is C12H12F2N2O. The Kier molecular flexibility index (Phi) is 3.23. The summed E-state index contributed by atoms with van der Waals surface area (Å²) in [5, 5.41) is 8.70. The van der Waals surface area contributed by atoms with E-state index in [-0.39, 0.29) is 18.9 Å². The summed E-state index contributed by atoms with van der Waals surface area (Å²) >= 11 is 0. The number of alkyl halides is 2. The molecule has 0 spiro atoms. The van der Waals surface area contributed by atoms with E-state index in [1.165, 1.54) is 12.3 Å². The van der Waals surface area contributed by atoms with Gasteiger partial charge in [-0.15, -0.1) is 0 Å². The van der Waals surface area contributed by atoms with Gasteiger partial charge < -0.3 is 4.74 Å². The molecule has 1 aromatic rings. The maximum atomic E-state index is 12.9. The quantitative estimate of drug-likeness (QED) is 0.795. The number of rotatable bonds is 2. The number of halogens is 2. The van der Waals surface area contributed by atoms with E-state index in [9.17, 15) is 8.78 Å². The van der Waals surface area contributed by atoms with Crippen molar-refractivity contribution < 1.29 is 13.5 Å². The molecule has 5 heteroatoms. The zero-order chi connectivity index (χ0) is 12.3. The van der Waals surface area contributed by atoms with Crippen LogP contribution in [0.4, 0.5) is 8.78 Å².